The van der Waals surface area contributed by atoms with Crippen LogP contribution in [0.25, 0.3) is 0 Å². The zero-order valence-electron chi connectivity index (χ0n) is 14.7. The molecule has 5 heteroatoms. The lowest BCUT2D eigenvalue weighted by Gasteiger charge is -2.32. The Bertz CT molecular complexity index is 670. The van der Waals surface area contributed by atoms with Crippen LogP contribution in [0, 0.1) is 0 Å². The number of rotatable bonds is 4. The molecule has 1 atom stereocenters. The van der Waals surface area contributed by atoms with Crippen molar-refractivity contribution in [2.24, 2.45) is 5.73 Å². The zero-order chi connectivity index (χ0) is 17.4. The van der Waals surface area contributed by atoms with Crippen molar-refractivity contribution in [2.45, 2.75) is 44.8 Å². The van der Waals surface area contributed by atoms with Crippen molar-refractivity contribution in [3.05, 3.63) is 60.2 Å². The van der Waals surface area contributed by atoms with E-state index in [1.807, 2.05) is 82.3 Å². The van der Waals surface area contributed by atoms with Gasteiger partial charge in [-0.15, -0.1) is 0 Å². The van der Waals surface area contributed by atoms with E-state index >= 15 is 0 Å². The minimum Gasteiger partial charge on any atom is -0.457 e. The fourth-order valence-electron chi connectivity index (χ4n) is 2.58. The molecule has 1 heterocycles. The Morgan fingerprint density at radius 2 is 1.33 bits per heavy atom. The molecule has 0 saturated carbocycles. The van der Waals surface area contributed by atoms with Gasteiger partial charge in [-0.3, -0.25) is 0 Å². The molecule has 1 fully saturated rings. The van der Waals surface area contributed by atoms with Gasteiger partial charge in [0.05, 0.1) is 17.1 Å². The van der Waals surface area contributed by atoms with Crippen LogP contribution in [0.4, 0.5) is 0 Å². The number of hydrogen-bond acceptors (Lipinski definition) is 4. The molecule has 0 bridgehead atoms. The first-order valence-electron chi connectivity index (χ1n) is 8.23. The molecular formula is C19H24BNO3. The summed E-state index contributed by atoms with van der Waals surface area (Å²) in [5.74, 6) is 1.23. The van der Waals surface area contributed by atoms with Gasteiger partial charge in [0.1, 0.15) is 11.5 Å². The van der Waals surface area contributed by atoms with E-state index in [0.29, 0.717) is 0 Å². The van der Waals surface area contributed by atoms with Crippen molar-refractivity contribution in [3.8, 4) is 11.5 Å². The van der Waals surface area contributed by atoms with Gasteiger partial charge in [0.25, 0.3) is 0 Å². The summed E-state index contributed by atoms with van der Waals surface area (Å²) in [4.78, 5) is 0. The number of ether oxygens (including phenoxy) is 1. The SMILES string of the molecule is CC1(C)OB([C@H](N)c2ccc(Oc3ccccc3)cc2)OC1(C)C. The molecule has 3 rings (SSSR count). The normalized spacial score (nSPS) is 20.0. The van der Waals surface area contributed by atoms with Gasteiger partial charge in [0.2, 0.25) is 0 Å². The fourth-order valence-corrected chi connectivity index (χ4v) is 2.58. The van der Waals surface area contributed by atoms with Gasteiger partial charge in [-0.2, -0.15) is 0 Å². The van der Waals surface area contributed by atoms with Crippen LogP contribution >= 0.6 is 0 Å². The van der Waals surface area contributed by atoms with Crippen LogP contribution in [0.15, 0.2) is 54.6 Å². The van der Waals surface area contributed by atoms with Gasteiger partial charge in [-0.05, 0) is 57.5 Å². The molecule has 2 aromatic carbocycles. The fraction of sp³-hybridized carbons (Fsp3) is 0.368. The molecule has 0 radical (unpaired) electrons. The van der Waals surface area contributed by atoms with Crippen LogP contribution in [-0.4, -0.2) is 18.3 Å². The lowest BCUT2D eigenvalue weighted by atomic mass is 9.75. The highest BCUT2D eigenvalue weighted by Gasteiger charge is 2.53. The van der Waals surface area contributed by atoms with Crippen molar-refractivity contribution in [1.82, 2.24) is 0 Å². The van der Waals surface area contributed by atoms with E-state index in [1.54, 1.807) is 0 Å². The Morgan fingerprint density at radius 3 is 1.88 bits per heavy atom. The maximum Gasteiger partial charge on any atom is 0.480 e. The van der Waals surface area contributed by atoms with E-state index in [9.17, 15) is 0 Å². The molecule has 0 unspecified atom stereocenters. The Morgan fingerprint density at radius 1 is 0.833 bits per heavy atom. The van der Waals surface area contributed by atoms with E-state index in [2.05, 4.69) is 0 Å². The molecule has 24 heavy (non-hydrogen) atoms. The summed E-state index contributed by atoms with van der Waals surface area (Å²) >= 11 is 0. The van der Waals surface area contributed by atoms with Crippen LogP contribution in [0.3, 0.4) is 0 Å². The van der Waals surface area contributed by atoms with Gasteiger partial charge < -0.3 is 19.8 Å². The number of hydrogen-bond donors (Lipinski definition) is 1. The maximum atomic E-state index is 6.35. The first kappa shape index (κ1) is 17.0. The predicted octanol–water partition coefficient (Wildman–Crippen LogP) is 4.11. The van der Waals surface area contributed by atoms with Crippen LogP contribution in [0.5, 0.6) is 11.5 Å². The van der Waals surface area contributed by atoms with E-state index in [0.717, 1.165) is 17.1 Å². The van der Waals surface area contributed by atoms with Crippen molar-refractivity contribution in [1.29, 1.82) is 0 Å². The minimum atomic E-state index is -0.462. The summed E-state index contributed by atoms with van der Waals surface area (Å²) in [7, 11) is -0.462. The van der Waals surface area contributed by atoms with Gasteiger partial charge in [-0.25, -0.2) is 0 Å². The van der Waals surface area contributed by atoms with E-state index in [1.165, 1.54) is 0 Å². The van der Waals surface area contributed by atoms with E-state index in [-0.39, 0.29) is 17.1 Å². The summed E-state index contributed by atoms with van der Waals surface area (Å²) in [6.45, 7) is 8.10. The lowest BCUT2D eigenvalue weighted by Crippen LogP contribution is -2.41. The standard InChI is InChI=1S/C19H24BNO3/c1-18(2)19(3,4)24-20(23-18)17(21)14-10-12-16(13-11-14)22-15-8-6-5-7-9-15/h5-13,17H,21H2,1-4H3/t17-/m1/s1. The van der Waals surface area contributed by atoms with Crippen molar-refractivity contribution >= 4 is 7.12 Å². The Hall–Kier alpha value is -1.82. The van der Waals surface area contributed by atoms with Crippen LogP contribution in [-0.2, 0) is 9.31 Å². The van der Waals surface area contributed by atoms with Crippen molar-refractivity contribution < 1.29 is 14.0 Å². The second kappa shape index (κ2) is 6.24. The topological polar surface area (TPSA) is 53.7 Å². The van der Waals surface area contributed by atoms with Crippen LogP contribution < -0.4 is 10.5 Å². The zero-order valence-corrected chi connectivity index (χ0v) is 14.7. The molecule has 1 aliphatic rings. The Kier molecular flexibility index (Phi) is 4.43. The van der Waals surface area contributed by atoms with Gasteiger partial charge in [0.15, 0.2) is 0 Å². The molecule has 0 amide bonds. The van der Waals surface area contributed by atoms with Gasteiger partial charge in [0, 0.05) is 0 Å². The lowest BCUT2D eigenvalue weighted by molar-refractivity contribution is 0.00578. The number of benzene rings is 2. The summed E-state index contributed by atoms with van der Waals surface area (Å²) in [5, 5.41) is 0. The predicted molar refractivity (Wildman–Crippen MR) is 96.0 cm³/mol. The third-order valence-electron chi connectivity index (χ3n) is 4.81. The summed E-state index contributed by atoms with van der Waals surface area (Å²) < 4.78 is 17.9. The molecule has 0 aromatic heterocycles. The van der Waals surface area contributed by atoms with Crippen molar-refractivity contribution in [3.63, 3.8) is 0 Å². The molecule has 1 saturated heterocycles. The van der Waals surface area contributed by atoms with E-state index < -0.39 is 7.12 Å². The summed E-state index contributed by atoms with van der Waals surface area (Å²) in [6, 6.07) is 17.4. The second-order valence-electron chi connectivity index (χ2n) is 7.13. The Balaban J connectivity index is 1.70. The average molecular weight is 325 g/mol. The molecule has 2 aromatic rings. The highest BCUT2D eigenvalue weighted by molar-refractivity contribution is 6.47. The summed E-state index contributed by atoms with van der Waals surface area (Å²) in [5.41, 5.74) is 6.54. The van der Waals surface area contributed by atoms with Crippen LogP contribution in [0.1, 0.15) is 39.2 Å². The number of para-hydroxylation sites is 1. The first-order valence-corrected chi connectivity index (χ1v) is 8.23. The maximum absolute atomic E-state index is 6.35. The highest BCUT2D eigenvalue weighted by atomic mass is 16.7. The van der Waals surface area contributed by atoms with Crippen molar-refractivity contribution in [2.75, 3.05) is 0 Å². The molecule has 126 valence electrons. The van der Waals surface area contributed by atoms with E-state index in [4.69, 9.17) is 19.8 Å². The molecule has 4 nitrogen and oxygen atoms in total. The van der Waals surface area contributed by atoms with Gasteiger partial charge >= 0.3 is 7.12 Å². The smallest absolute Gasteiger partial charge is 0.457 e. The van der Waals surface area contributed by atoms with Crippen LogP contribution in [0.2, 0.25) is 0 Å². The largest absolute Gasteiger partial charge is 0.480 e. The second-order valence-corrected chi connectivity index (χ2v) is 7.13. The third kappa shape index (κ3) is 3.34. The van der Waals surface area contributed by atoms with Gasteiger partial charge in [-0.1, -0.05) is 30.3 Å². The average Bonchev–Trinajstić information content (AvgIpc) is 2.76. The minimum absolute atomic E-state index is 0.350. The Labute approximate surface area is 144 Å². The summed E-state index contributed by atoms with van der Waals surface area (Å²) in [6.07, 6.45) is 0. The molecule has 0 aliphatic carbocycles. The molecule has 1 aliphatic heterocycles. The molecule has 0 spiro atoms. The monoisotopic (exact) mass is 325 g/mol. The highest BCUT2D eigenvalue weighted by Crippen LogP contribution is 2.39. The number of nitrogens with two attached hydrogens (primary N) is 1. The first-order chi connectivity index (χ1) is 11.3. The third-order valence-corrected chi connectivity index (χ3v) is 4.81. The molecular weight excluding hydrogens is 301 g/mol. The quantitative estimate of drug-likeness (QED) is 0.860. The molecule has 2 N–H and O–H groups in total.